The van der Waals surface area contributed by atoms with Crippen LogP contribution in [-0.2, 0) is 9.53 Å². The van der Waals surface area contributed by atoms with E-state index >= 15 is 0 Å². The highest BCUT2D eigenvalue weighted by molar-refractivity contribution is 5.79. The number of fused-ring (bicyclic) bond motifs is 3. The zero-order valence-corrected chi connectivity index (χ0v) is 15.7. The molecular weight excluding hydrogens is 370 g/mol. The predicted molar refractivity (Wildman–Crippen MR) is 107 cm³/mol. The van der Waals surface area contributed by atoms with E-state index < -0.39 is 18.0 Å². The van der Waals surface area contributed by atoms with Gasteiger partial charge in [-0.3, -0.25) is 9.89 Å². The second-order valence-electron chi connectivity index (χ2n) is 6.96. The van der Waals surface area contributed by atoms with Crippen LogP contribution < -0.4 is 5.32 Å². The highest BCUT2D eigenvalue weighted by Crippen LogP contribution is 2.44. The SMILES string of the molecule is O=C(NCCC(C(=O)O)c1cn[nH]c1)OCC1c2ccccc2-c2ccccc21. The molecule has 1 aromatic heterocycles. The standard InChI is InChI=1S/C22H21N3O4/c26-21(27)15(14-11-24-25-12-14)9-10-23-22(28)29-13-20-18-7-3-1-5-16(18)17-6-2-4-8-19(17)20/h1-8,11-12,15,20H,9-10,13H2,(H,23,28)(H,24,25)(H,26,27). The second-order valence-corrected chi connectivity index (χ2v) is 6.96. The van der Waals surface area contributed by atoms with Gasteiger partial charge in [0.1, 0.15) is 6.61 Å². The van der Waals surface area contributed by atoms with E-state index in [1.54, 1.807) is 6.20 Å². The minimum Gasteiger partial charge on any atom is -0.481 e. The Morgan fingerprint density at radius 3 is 2.34 bits per heavy atom. The molecule has 3 N–H and O–H groups in total. The van der Waals surface area contributed by atoms with Crippen molar-refractivity contribution in [3.05, 3.63) is 77.6 Å². The number of aromatic nitrogens is 2. The summed E-state index contributed by atoms with van der Waals surface area (Å²) in [5.74, 6) is -1.70. The minimum atomic E-state index is -0.958. The van der Waals surface area contributed by atoms with E-state index in [4.69, 9.17) is 4.74 Å². The number of alkyl carbamates (subject to hydrolysis) is 1. The molecule has 148 valence electrons. The normalized spacial score (nSPS) is 13.4. The number of aromatic amines is 1. The molecule has 1 heterocycles. The summed E-state index contributed by atoms with van der Waals surface area (Å²) in [7, 11) is 0. The summed E-state index contributed by atoms with van der Waals surface area (Å²) in [6, 6.07) is 16.3. The Balaban J connectivity index is 1.34. The molecule has 0 fully saturated rings. The largest absolute Gasteiger partial charge is 0.481 e. The monoisotopic (exact) mass is 391 g/mol. The van der Waals surface area contributed by atoms with Gasteiger partial charge >= 0.3 is 12.1 Å². The van der Waals surface area contributed by atoms with Crippen LogP contribution in [-0.4, -0.2) is 40.5 Å². The third-order valence-electron chi connectivity index (χ3n) is 5.27. The van der Waals surface area contributed by atoms with Crippen LogP contribution in [0.5, 0.6) is 0 Å². The number of hydrogen-bond donors (Lipinski definition) is 3. The van der Waals surface area contributed by atoms with Crippen molar-refractivity contribution in [1.29, 1.82) is 0 Å². The molecule has 7 heteroatoms. The van der Waals surface area contributed by atoms with Gasteiger partial charge in [0, 0.05) is 24.2 Å². The topological polar surface area (TPSA) is 104 Å². The third-order valence-corrected chi connectivity index (χ3v) is 5.27. The van der Waals surface area contributed by atoms with E-state index in [9.17, 15) is 14.7 Å². The summed E-state index contributed by atoms with van der Waals surface area (Å²) in [5.41, 5.74) is 5.20. The summed E-state index contributed by atoms with van der Waals surface area (Å²) in [6.07, 6.45) is 2.72. The maximum atomic E-state index is 12.2. The fraction of sp³-hybridized carbons (Fsp3) is 0.227. The van der Waals surface area contributed by atoms with Gasteiger partial charge in [-0.1, -0.05) is 48.5 Å². The van der Waals surface area contributed by atoms with Crippen LogP contribution in [0, 0.1) is 0 Å². The van der Waals surface area contributed by atoms with Crippen LogP contribution in [0.1, 0.15) is 34.9 Å². The van der Waals surface area contributed by atoms with Crippen LogP contribution in [0.15, 0.2) is 60.9 Å². The van der Waals surface area contributed by atoms with Gasteiger partial charge in [0.25, 0.3) is 0 Å². The number of aliphatic carboxylic acids is 1. The molecule has 0 spiro atoms. The van der Waals surface area contributed by atoms with Crippen molar-refractivity contribution >= 4 is 12.1 Å². The lowest BCUT2D eigenvalue weighted by molar-refractivity contribution is -0.138. The lowest BCUT2D eigenvalue weighted by Crippen LogP contribution is -2.29. The summed E-state index contributed by atoms with van der Waals surface area (Å²) < 4.78 is 5.46. The zero-order valence-electron chi connectivity index (χ0n) is 15.7. The molecule has 7 nitrogen and oxygen atoms in total. The molecule has 1 atom stereocenters. The van der Waals surface area contributed by atoms with Crippen molar-refractivity contribution < 1.29 is 19.4 Å². The number of ether oxygens (including phenoxy) is 1. The van der Waals surface area contributed by atoms with Gasteiger partial charge in [-0.25, -0.2) is 4.79 Å². The van der Waals surface area contributed by atoms with E-state index in [1.165, 1.54) is 17.3 Å². The number of nitrogens with one attached hydrogen (secondary N) is 2. The summed E-state index contributed by atoms with van der Waals surface area (Å²) in [6.45, 7) is 0.419. The van der Waals surface area contributed by atoms with Crippen LogP contribution in [0.25, 0.3) is 11.1 Å². The summed E-state index contributed by atoms with van der Waals surface area (Å²) in [4.78, 5) is 23.6. The Morgan fingerprint density at radius 1 is 1.10 bits per heavy atom. The first kappa shape index (κ1) is 18.7. The number of carbonyl (C=O) groups excluding carboxylic acids is 1. The third kappa shape index (κ3) is 3.85. The number of benzene rings is 2. The Kier molecular flexibility index (Phi) is 5.29. The fourth-order valence-corrected chi connectivity index (χ4v) is 3.85. The average molecular weight is 391 g/mol. The Morgan fingerprint density at radius 2 is 1.76 bits per heavy atom. The molecule has 1 aliphatic carbocycles. The van der Waals surface area contributed by atoms with Gasteiger partial charge < -0.3 is 15.2 Å². The fourth-order valence-electron chi connectivity index (χ4n) is 3.85. The molecule has 4 rings (SSSR count). The molecular formula is C22H21N3O4. The highest BCUT2D eigenvalue weighted by Gasteiger charge is 2.29. The van der Waals surface area contributed by atoms with Crippen LogP contribution >= 0.6 is 0 Å². The zero-order chi connectivity index (χ0) is 20.2. The van der Waals surface area contributed by atoms with Crippen molar-refractivity contribution in [2.75, 3.05) is 13.2 Å². The molecule has 2 aromatic carbocycles. The van der Waals surface area contributed by atoms with E-state index in [1.807, 2.05) is 24.3 Å². The molecule has 1 unspecified atom stereocenters. The summed E-state index contributed by atoms with van der Waals surface area (Å²) in [5, 5.41) is 18.4. The van der Waals surface area contributed by atoms with Gasteiger partial charge in [-0.05, 0) is 28.7 Å². The number of nitrogens with zero attached hydrogens (tertiary/aromatic N) is 1. The van der Waals surface area contributed by atoms with Crippen molar-refractivity contribution in [2.24, 2.45) is 0 Å². The van der Waals surface area contributed by atoms with Gasteiger partial charge in [0.05, 0.1) is 12.1 Å². The van der Waals surface area contributed by atoms with E-state index in [2.05, 4.69) is 39.8 Å². The number of carboxylic acid groups (broad SMARTS) is 1. The molecule has 3 aromatic rings. The van der Waals surface area contributed by atoms with Crippen molar-refractivity contribution in [2.45, 2.75) is 18.3 Å². The Bertz CT molecular complexity index is 971. The first-order valence-corrected chi connectivity index (χ1v) is 9.45. The number of rotatable bonds is 7. The van der Waals surface area contributed by atoms with Crippen LogP contribution in [0.4, 0.5) is 4.79 Å². The van der Waals surface area contributed by atoms with E-state index in [0.717, 1.165) is 11.1 Å². The molecule has 0 bridgehead atoms. The number of carbonyl (C=O) groups is 2. The molecule has 1 amide bonds. The van der Waals surface area contributed by atoms with Crippen molar-refractivity contribution in [3.63, 3.8) is 0 Å². The van der Waals surface area contributed by atoms with Crippen molar-refractivity contribution in [1.82, 2.24) is 15.5 Å². The number of H-pyrrole nitrogens is 1. The van der Waals surface area contributed by atoms with E-state index in [0.29, 0.717) is 5.56 Å². The van der Waals surface area contributed by atoms with Gasteiger partial charge in [0.2, 0.25) is 0 Å². The Hall–Kier alpha value is -3.61. The molecule has 1 aliphatic rings. The minimum absolute atomic E-state index is 0.00847. The Labute approximate surface area is 167 Å². The molecule has 0 saturated heterocycles. The molecule has 29 heavy (non-hydrogen) atoms. The van der Waals surface area contributed by atoms with E-state index in [-0.39, 0.29) is 25.5 Å². The lowest BCUT2D eigenvalue weighted by atomic mass is 9.98. The number of hydrogen-bond acceptors (Lipinski definition) is 4. The van der Waals surface area contributed by atoms with Gasteiger partial charge in [-0.15, -0.1) is 0 Å². The average Bonchev–Trinajstić information content (AvgIpc) is 3.36. The molecule has 0 radical (unpaired) electrons. The maximum absolute atomic E-state index is 12.2. The highest BCUT2D eigenvalue weighted by atomic mass is 16.5. The molecule has 0 saturated carbocycles. The predicted octanol–water partition coefficient (Wildman–Crippen LogP) is 3.51. The van der Waals surface area contributed by atoms with Crippen molar-refractivity contribution in [3.8, 4) is 11.1 Å². The smallest absolute Gasteiger partial charge is 0.407 e. The molecule has 0 aliphatic heterocycles. The quantitative estimate of drug-likeness (QED) is 0.572. The number of carboxylic acids is 1. The lowest BCUT2D eigenvalue weighted by Gasteiger charge is -2.15. The van der Waals surface area contributed by atoms with Crippen LogP contribution in [0.2, 0.25) is 0 Å². The second kappa shape index (κ2) is 8.18. The summed E-state index contributed by atoms with van der Waals surface area (Å²) >= 11 is 0. The van der Waals surface area contributed by atoms with Gasteiger partial charge in [0.15, 0.2) is 0 Å². The van der Waals surface area contributed by atoms with Gasteiger partial charge in [-0.2, -0.15) is 5.10 Å². The first-order chi connectivity index (χ1) is 14.1. The number of amides is 1. The maximum Gasteiger partial charge on any atom is 0.407 e. The first-order valence-electron chi connectivity index (χ1n) is 9.45. The van der Waals surface area contributed by atoms with Crippen LogP contribution in [0.3, 0.4) is 0 Å².